The molecule has 1 aromatic heterocycles. The van der Waals surface area contributed by atoms with Crippen molar-refractivity contribution in [3.05, 3.63) is 89.1 Å². The third-order valence-electron chi connectivity index (χ3n) is 6.62. The number of carbonyl (C=O) groups is 3. The quantitative estimate of drug-likeness (QED) is 0.228. The fraction of sp³-hybridized carbons (Fsp3) is 0.406. The number of nitrogens with zero attached hydrogens (tertiary/aromatic N) is 3. The molecule has 1 heterocycles. The van der Waals surface area contributed by atoms with Crippen molar-refractivity contribution in [2.45, 2.75) is 64.7 Å². The first kappa shape index (κ1) is 33.4. The van der Waals surface area contributed by atoms with E-state index in [1.165, 1.54) is 4.68 Å². The van der Waals surface area contributed by atoms with Gasteiger partial charge in [0.15, 0.2) is 0 Å². The predicted molar refractivity (Wildman–Crippen MR) is 170 cm³/mol. The fourth-order valence-corrected chi connectivity index (χ4v) is 4.89. The van der Waals surface area contributed by atoms with Crippen LogP contribution in [-0.4, -0.2) is 64.2 Å². The van der Waals surface area contributed by atoms with E-state index in [4.69, 9.17) is 4.74 Å². The average Bonchev–Trinajstić information content (AvgIpc) is 3.39. The smallest absolute Gasteiger partial charge is 0.243 e. The Labute approximate surface area is 258 Å². The second-order valence-corrected chi connectivity index (χ2v) is 11.5. The highest BCUT2D eigenvalue weighted by Gasteiger charge is 2.28. The van der Waals surface area contributed by atoms with Crippen LogP contribution in [0.5, 0.6) is 5.75 Å². The van der Waals surface area contributed by atoms with E-state index in [1.807, 2.05) is 60.2 Å². The standard InChI is InChI=1S/C32H42N6O4S/c1-22(2)17-26(15-16-43-5)33-31(40)29(18-24-9-7-6-8-10-24)35-32(41)28(19-25-11-13-27(42-4)14-12-25)34-30(39)21-38-20-23(3)36-37-38/h6-16,20,22,26,28-29H,17-19,21H2,1-5H3,(H,33,40)(H,34,39)(H,35,41)/b16-15+/t26?,28?,29-/m0/s1. The molecule has 3 aromatic rings. The lowest BCUT2D eigenvalue weighted by Gasteiger charge is -2.25. The third kappa shape index (κ3) is 11.6. The van der Waals surface area contributed by atoms with Crippen molar-refractivity contribution in [1.82, 2.24) is 30.9 Å². The number of aryl methyl sites for hydroxylation is 1. The maximum atomic E-state index is 13.8. The Morgan fingerprint density at radius 2 is 1.56 bits per heavy atom. The van der Waals surface area contributed by atoms with E-state index in [0.717, 1.165) is 17.5 Å². The van der Waals surface area contributed by atoms with Crippen molar-refractivity contribution in [1.29, 1.82) is 0 Å². The molecule has 0 aliphatic heterocycles. The molecule has 0 aliphatic rings. The second-order valence-electron chi connectivity index (χ2n) is 10.8. The first-order chi connectivity index (χ1) is 20.7. The van der Waals surface area contributed by atoms with Crippen LogP contribution in [0.2, 0.25) is 0 Å². The largest absolute Gasteiger partial charge is 0.497 e. The van der Waals surface area contributed by atoms with Gasteiger partial charge in [0, 0.05) is 25.1 Å². The maximum Gasteiger partial charge on any atom is 0.243 e. The van der Waals surface area contributed by atoms with Crippen molar-refractivity contribution in [2.75, 3.05) is 13.4 Å². The molecule has 0 aliphatic carbocycles. The molecule has 0 saturated carbocycles. The second kappa shape index (κ2) is 17.1. The first-order valence-electron chi connectivity index (χ1n) is 14.3. The van der Waals surface area contributed by atoms with E-state index in [1.54, 1.807) is 44.1 Å². The Bertz CT molecular complexity index is 1340. The number of aromatic nitrogens is 3. The number of benzene rings is 2. The van der Waals surface area contributed by atoms with Crippen molar-refractivity contribution in [3.8, 4) is 5.75 Å². The van der Waals surface area contributed by atoms with E-state index in [2.05, 4.69) is 40.1 Å². The minimum Gasteiger partial charge on any atom is -0.497 e. The first-order valence-corrected chi connectivity index (χ1v) is 15.6. The Hall–Kier alpha value is -4.12. The summed E-state index contributed by atoms with van der Waals surface area (Å²) in [5, 5.41) is 18.7. The van der Waals surface area contributed by atoms with Crippen LogP contribution < -0.4 is 20.7 Å². The number of methoxy groups -OCH3 is 1. The summed E-state index contributed by atoms with van der Waals surface area (Å²) in [4.78, 5) is 40.5. The van der Waals surface area contributed by atoms with Crippen LogP contribution in [0.25, 0.3) is 0 Å². The zero-order valence-electron chi connectivity index (χ0n) is 25.4. The molecule has 11 heteroatoms. The van der Waals surface area contributed by atoms with Crippen LogP contribution in [0.3, 0.4) is 0 Å². The highest BCUT2D eigenvalue weighted by Crippen LogP contribution is 2.14. The number of rotatable bonds is 16. The lowest BCUT2D eigenvalue weighted by atomic mass is 10.0. The minimum atomic E-state index is -0.945. The van der Waals surface area contributed by atoms with Crippen molar-refractivity contribution >= 4 is 29.5 Å². The summed E-state index contributed by atoms with van der Waals surface area (Å²) in [6.07, 6.45) is 6.85. The van der Waals surface area contributed by atoms with Gasteiger partial charge >= 0.3 is 0 Å². The molecule has 10 nitrogen and oxygen atoms in total. The molecule has 0 saturated heterocycles. The highest BCUT2D eigenvalue weighted by atomic mass is 32.2. The summed E-state index contributed by atoms with van der Waals surface area (Å²) in [6.45, 7) is 5.88. The van der Waals surface area contributed by atoms with Crippen LogP contribution in [0, 0.1) is 12.8 Å². The van der Waals surface area contributed by atoms with Crippen molar-refractivity contribution in [2.24, 2.45) is 5.92 Å². The maximum absolute atomic E-state index is 13.8. The average molecular weight is 607 g/mol. The van der Waals surface area contributed by atoms with Gasteiger partial charge in [-0.05, 0) is 54.2 Å². The zero-order chi connectivity index (χ0) is 31.2. The van der Waals surface area contributed by atoms with Gasteiger partial charge in [-0.25, -0.2) is 4.68 Å². The number of thioether (sulfide) groups is 1. The number of amides is 3. The van der Waals surface area contributed by atoms with Crippen LogP contribution in [0.15, 0.2) is 72.3 Å². The van der Waals surface area contributed by atoms with E-state index in [-0.39, 0.29) is 24.9 Å². The van der Waals surface area contributed by atoms with Gasteiger partial charge in [-0.15, -0.1) is 16.9 Å². The Balaban J connectivity index is 1.84. The van der Waals surface area contributed by atoms with Gasteiger partial charge in [-0.3, -0.25) is 14.4 Å². The third-order valence-corrected chi connectivity index (χ3v) is 7.05. The van der Waals surface area contributed by atoms with Gasteiger partial charge in [0.25, 0.3) is 0 Å². The normalized spacial score (nSPS) is 13.3. The summed E-state index contributed by atoms with van der Waals surface area (Å²) in [6, 6.07) is 14.8. The summed E-state index contributed by atoms with van der Waals surface area (Å²) in [5.74, 6) is -0.114. The van der Waals surface area contributed by atoms with Crippen molar-refractivity contribution < 1.29 is 19.1 Å². The van der Waals surface area contributed by atoms with Gasteiger partial charge in [0.1, 0.15) is 24.4 Å². The predicted octanol–water partition coefficient (Wildman–Crippen LogP) is 3.46. The Morgan fingerprint density at radius 1 is 0.930 bits per heavy atom. The molecule has 0 spiro atoms. The number of ether oxygens (including phenoxy) is 1. The fourth-order valence-electron chi connectivity index (χ4n) is 4.55. The molecule has 230 valence electrons. The molecule has 3 N–H and O–H groups in total. The zero-order valence-corrected chi connectivity index (χ0v) is 26.3. The van der Waals surface area contributed by atoms with Gasteiger partial charge in [0.05, 0.1) is 12.8 Å². The van der Waals surface area contributed by atoms with Gasteiger partial charge in [-0.1, -0.05) is 67.6 Å². The monoisotopic (exact) mass is 606 g/mol. The summed E-state index contributed by atoms with van der Waals surface area (Å²) < 4.78 is 6.67. The van der Waals surface area contributed by atoms with Crippen LogP contribution in [0.4, 0.5) is 0 Å². The molecule has 0 radical (unpaired) electrons. The molecular formula is C32H42N6O4S. The summed E-state index contributed by atoms with van der Waals surface area (Å²) in [7, 11) is 1.58. The molecule has 3 atom stereocenters. The Kier molecular flexibility index (Phi) is 13.3. The van der Waals surface area contributed by atoms with Crippen LogP contribution >= 0.6 is 11.8 Å². The summed E-state index contributed by atoms with van der Waals surface area (Å²) >= 11 is 1.56. The van der Waals surface area contributed by atoms with E-state index in [9.17, 15) is 14.4 Å². The Morgan fingerprint density at radius 3 is 2.14 bits per heavy atom. The number of hydrogen-bond donors (Lipinski definition) is 3. The summed E-state index contributed by atoms with van der Waals surface area (Å²) in [5.41, 5.74) is 2.40. The lowest BCUT2D eigenvalue weighted by Crippen LogP contribution is -2.56. The van der Waals surface area contributed by atoms with Crippen LogP contribution in [-0.2, 0) is 33.8 Å². The molecule has 3 amide bonds. The molecule has 0 bridgehead atoms. The van der Waals surface area contributed by atoms with Gasteiger partial charge in [0.2, 0.25) is 17.7 Å². The molecule has 2 unspecified atom stereocenters. The molecule has 0 fully saturated rings. The topological polar surface area (TPSA) is 127 Å². The van der Waals surface area contributed by atoms with E-state index in [0.29, 0.717) is 23.8 Å². The lowest BCUT2D eigenvalue weighted by molar-refractivity contribution is -0.132. The molecular weight excluding hydrogens is 564 g/mol. The minimum absolute atomic E-state index is 0.0974. The van der Waals surface area contributed by atoms with E-state index >= 15 is 0 Å². The van der Waals surface area contributed by atoms with Crippen molar-refractivity contribution in [3.63, 3.8) is 0 Å². The number of nitrogens with one attached hydrogen (secondary N) is 3. The van der Waals surface area contributed by atoms with Crippen LogP contribution in [0.1, 0.15) is 37.1 Å². The molecule has 43 heavy (non-hydrogen) atoms. The molecule has 3 rings (SSSR count). The van der Waals surface area contributed by atoms with Gasteiger partial charge in [-0.2, -0.15) is 0 Å². The van der Waals surface area contributed by atoms with Gasteiger partial charge < -0.3 is 20.7 Å². The number of carbonyl (C=O) groups excluding carboxylic acids is 3. The van der Waals surface area contributed by atoms with E-state index < -0.39 is 23.9 Å². The molecule has 2 aromatic carbocycles. The SMILES string of the molecule is COc1ccc(CC(NC(=O)Cn2cc(C)nn2)C(=O)N[C@@H](Cc2ccccc2)C(=O)NC(/C=C/SC)CC(C)C)cc1. The highest BCUT2D eigenvalue weighted by molar-refractivity contribution is 8.01. The number of hydrogen-bond acceptors (Lipinski definition) is 7.